The van der Waals surface area contributed by atoms with Crippen LogP contribution in [0.15, 0.2) is 65.8 Å². The van der Waals surface area contributed by atoms with Crippen molar-refractivity contribution in [1.29, 1.82) is 0 Å². The highest BCUT2D eigenvalue weighted by atomic mass is 16.5. The second-order valence-electron chi connectivity index (χ2n) is 8.23. The maximum atomic E-state index is 13.6. The second kappa shape index (κ2) is 7.89. The molecule has 1 amide bonds. The van der Waals surface area contributed by atoms with E-state index in [1.54, 1.807) is 0 Å². The summed E-state index contributed by atoms with van der Waals surface area (Å²) in [5.74, 6) is 1.10. The molecule has 0 radical (unpaired) electrons. The van der Waals surface area contributed by atoms with Crippen LogP contribution in [0, 0.1) is 6.92 Å². The number of hydrazone groups is 1. The molecule has 1 atom stereocenters. The maximum Gasteiger partial charge on any atom is 0.275 e. The molecule has 0 bridgehead atoms. The molecule has 0 saturated carbocycles. The first-order valence-electron chi connectivity index (χ1n) is 11.2. The Kier molecular flexibility index (Phi) is 5.01. The smallest absolute Gasteiger partial charge is 0.275 e. The van der Waals surface area contributed by atoms with E-state index < -0.39 is 5.54 Å². The third-order valence-corrected chi connectivity index (χ3v) is 6.53. The van der Waals surface area contributed by atoms with Gasteiger partial charge in [0.1, 0.15) is 17.0 Å². The number of amides is 1. The number of anilines is 1. The van der Waals surface area contributed by atoms with E-state index in [0.29, 0.717) is 23.3 Å². The molecule has 0 fully saturated rings. The normalized spacial score (nSPS) is 18.2. The van der Waals surface area contributed by atoms with Crippen molar-refractivity contribution in [2.45, 2.75) is 26.3 Å². The van der Waals surface area contributed by atoms with E-state index in [1.807, 2.05) is 61.5 Å². The summed E-state index contributed by atoms with van der Waals surface area (Å²) in [5.41, 5.74) is 4.08. The zero-order chi connectivity index (χ0) is 23.2. The predicted molar refractivity (Wildman–Crippen MR) is 128 cm³/mol. The molecule has 6 nitrogen and oxygen atoms in total. The Morgan fingerprint density at radius 3 is 2.39 bits per heavy atom. The van der Waals surface area contributed by atoms with Crippen molar-refractivity contribution in [3.8, 4) is 11.5 Å². The number of hydrogen-bond donors (Lipinski definition) is 0. The fraction of sp³-hybridized carbons (Fsp3) is 0.222. The number of carbonyl (C=O) groups is 2. The van der Waals surface area contributed by atoms with Crippen molar-refractivity contribution < 1.29 is 14.3 Å². The van der Waals surface area contributed by atoms with Crippen molar-refractivity contribution >= 4 is 24.1 Å². The maximum absolute atomic E-state index is 13.6. The monoisotopic (exact) mass is 439 g/mol. The van der Waals surface area contributed by atoms with Crippen LogP contribution in [0.2, 0.25) is 0 Å². The first-order chi connectivity index (χ1) is 16.1. The van der Waals surface area contributed by atoms with E-state index in [-0.39, 0.29) is 5.91 Å². The average Bonchev–Trinajstić information content (AvgIpc) is 3.07. The largest absolute Gasteiger partial charge is 0.456 e. The molecule has 33 heavy (non-hydrogen) atoms. The third kappa shape index (κ3) is 2.90. The van der Waals surface area contributed by atoms with Gasteiger partial charge in [-0.1, -0.05) is 36.4 Å². The van der Waals surface area contributed by atoms with Crippen LogP contribution in [0.5, 0.6) is 11.5 Å². The minimum atomic E-state index is -1.04. The lowest BCUT2D eigenvalue weighted by molar-refractivity contribution is -0.102. The number of ether oxygens (including phenoxy) is 1. The highest BCUT2D eigenvalue weighted by Crippen LogP contribution is 2.58. The second-order valence-corrected chi connectivity index (χ2v) is 8.23. The van der Waals surface area contributed by atoms with Crippen LogP contribution < -0.4 is 9.64 Å². The number of carbonyl (C=O) groups excluding carboxylic acids is 2. The van der Waals surface area contributed by atoms with Crippen molar-refractivity contribution in [2.24, 2.45) is 5.10 Å². The van der Waals surface area contributed by atoms with E-state index in [0.717, 1.165) is 47.2 Å². The van der Waals surface area contributed by atoms with Crippen molar-refractivity contribution in [1.82, 2.24) is 5.01 Å². The summed E-state index contributed by atoms with van der Waals surface area (Å²) in [5, 5.41) is 5.78. The number of rotatable bonds is 5. The summed E-state index contributed by atoms with van der Waals surface area (Å²) in [6, 6.07) is 19.6. The first kappa shape index (κ1) is 20.9. The van der Waals surface area contributed by atoms with Gasteiger partial charge < -0.3 is 9.64 Å². The summed E-state index contributed by atoms with van der Waals surface area (Å²) >= 11 is 0. The molecule has 5 rings (SSSR count). The van der Waals surface area contributed by atoms with Crippen LogP contribution in [0.1, 0.15) is 46.5 Å². The summed E-state index contributed by atoms with van der Waals surface area (Å²) in [6.07, 6.45) is 1.71. The van der Waals surface area contributed by atoms with Gasteiger partial charge in [-0.05, 0) is 44.5 Å². The number of hydrogen-bond acceptors (Lipinski definition) is 5. The Labute approximate surface area is 193 Å². The van der Waals surface area contributed by atoms with Crippen LogP contribution in [-0.2, 0) is 10.3 Å². The zero-order valence-electron chi connectivity index (χ0n) is 18.9. The lowest BCUT2D eigenvalue weighted by Crippen LogP contribution is -2.44. The van der Waals surface area contributed by atoms with Gasteiger partial charge in [0.2, 0.25) is 0 Å². The fourth-order valence-electron chi connectivity index (χ4n) is 5.07. The Bertz CT molecular complexity index is 1300. The van der Waals surface area contributed by atoms with Crippen LogP contribution in [0.4, 0.5) is 5.69 Å². The molecule has 0 aromatic heterocycles. The molecular formula is C27H25N3O3. The number of benzene rings is 3. The number of aryl methyl sites for hydroxylation is 1. The molecule has 6 heteroatoms. The zero-order valence-corrected chi connectivity index (χ0v) is 18.9. The van der Waals surface area contributed by atoms with Gasteiger partial charge in [0.05, 0.1) is 6.21 Å². The highest BCUT2D eigenvalue weighted by molar-refractivity contribution is 6.13. The number of nitrogens with zero attached hydrogens (tertiary/aromatic N) is 3. The van der Waals surface area contributed by atoms with Crippen LogP contribution in [0.3, 0.4) is 0 Å². The molecule has 0 saturated heterocycles. The summed E-state index contributed by atoms with van der Waals surface area (Å²) in [4.78, 5) is 27.0. The Morgan fingerprint density at radius 1 is 0.970 bits per heavy atom. The summed E-state index contributed by atoms with van der Waals surface area (Å²) < 4.78 is 6.44. The van der Waals surface area contributed by atoms with Crippen molar-refractivity contribution in [3.05, 3.63) is 88.5 Å². The number of fused-ring (bicyclic) bond motifs is 6. The molecular weight excluding hydrogens is 414 g/mol. The molecule has 166 valence electrons. The number of aldehydes is 1. The lowest BCUT2D eigenvalue weighted by atomic mass is 9.75. The van der Waals surface area contributed by atoms with Crippen LogP contribution in [0.25, 0.3) is 0 Å². The predicted octanol–water partition coefficient (Wildman–Crippen LogP) is 4.88. The van der Waals surface area contributed by atoms with Gasteiger partial charge in [-0.2, -0.15) is 5.10 Å². The fourth-order valence-corrected chi connectivity index (χ4v) is 5.07. The van der Waals surface area contributed by atoms with E-state index >= 15 is 0 Å². The Balaban J connectivity index is 1.87. The van der Waals surface area contributed by atoms with Crippen molar-refractivity contribution in [2.75, 3.05) is 18.0 Å². The van der Waals surface area contributed by atoms with Gasteiger partial charge in [0.25, 0.3) is 5.91 Å². The Hall–Kier alpha value is -3.93. The lowest BCUT2D eigenvalue weighted by Gasteiger charge is -2.42. The molecule has 0 N–H and O–H groups in total. The minimum Gasteiger partial charge on any atom is -0.456 e. The van der Waals surface area contributed by atoms with E-state index in [1.165, 1.54) is 5.01 Å². The molecule has 2 heterocycles. The van der Waals surface area contributed by atoms with Crippen LogP contribution >= 0.6 is 0 Å². The van der Waals surface area contributed by atoms with E-state index in [9.17, 15) is 9.59 Å². The molecule has 3 aromatic rings. The third-order valence-electron chi connectivity index (χ3n) is 6.53. The van der Waals surface area contributed by atoms with Gasteiger partial charge >= 0.3 is 0 Å². The van der Waals surface area contributed by atoms with Crippen molar-refractivity contribution in [3.63, 3.8) is 0 Å². The quantitative estimate of drug-likeness (QED) is 0.420. The van der Waals surface area contributed by atoms with E-state index in [2.05, 4.69) is 29.9 Å². The molecule has 2 aliphatic rings. The molecule has 2 aliphatic heterocycles. The van der Waals surface area contributed by atoms with Gasteiger partial charge in [0, 0.05) is 47.1 Å². The van der Waals surface area contributed by atoms with Crippen LogP contribution in [-0.4, -0.2) is 36.5 Å². The topological polar surface area (TPSA) is 62.2 Å². The van der Waals surface area contributed by atoms with Gasteiger partial charge in [-0.3, -0.25) is 9.59 Å². The van der Waals surface area contributed by atoms with E-state index in [4.69, 9.17) is 4.74 Å². The average molecular weight is 440 g/mol. The van der Waals surface area contributed by atoms with Gasteiger partial charge in [0.15, 0.2) is 6.29 Å². The molecule has 0 aliphatic carbocycles. The molecule has 1 unspecified atom stereocenters. The molecule has 1 spiro atoms. The molecule has 3 aromatic carbocycles. The highest BCUT2D eigenvalue weighted by Gasteiger charge is 2.57. The summed E-state index contributed by atoms with van der Waals surface area (Å²) in [6.45, 7) is 7.98. The van der Waals surface area contributed by atoms with Gasteiger partial charge in [-0.15, -0.1) is 0 Å². The standard InChI is InChI=1S/C27H25N3O3/c1-4-29(5-2)19-11-13-23-25(17-19)33-24-16-18(3)10-12-22(24)27(23)21-9-7-6-8-20(21)26(32)30(27)28-14-15-31/h6-17H,4-5H2,1-3H3/b28-14+. The first-order valence-corrected chi connectivity index (χ1v) is 11.2. The summed E-state index contributed by atoms with van der Waals surface area (Å²) in [7, 11) is 0. The van der Waals surface area contributed by atoms with Gasteiger partial charge in [-0.25, -0.2) is 5.01 Å². The SMILES string of the molecule is CCN(CC)c1ccc2c(c1)Oc1cc(C)ccc1C21c2ccccc2C(=O)N1/N=C/C=O. The minimum absolute atomic E-state index is 0.254. The Morgan fingerprint density at radius 2 is 1.67 bits per heavy atom.